The lowest BCUT2D eigenvalue weighted by atomic mass is 10.1. The molecule has 2 aromatic carbocycles. The minimum atomic E-state index is -0.996. The molecule has 0 amide bonds. The standard InChI is InChI=1S/C16H12FN3O2/c17-10-7-13-12(14(18)8-10)5-6-19-15(13)20-11-3-1-9(2-4-11)16(21)22/h1-8H,18H2,(H,19,20)(H,21,22). The van der Waals surface area contributed by atoms with Gasteiger partial charge in [0.25, 0.3) is 0 Å². The molecule has 0 fully saturated rings. The second kappa shape index (κ2) is 5.33. The Balaban J connectivity index is 2.02. The number of nitrogen functional groups attached to an aromatic ring is 1. The van der Waals surface area contributed by atoms with Crippen LogP contribution < -0.4 is 11.1 Å². The number of fused-ring (bicyclic) bond motifs is 1. The summed E-state index contributed by atoms with van der Waals surface area (Å²) in [6.07, 6.45) is 1.57. The second-order valence-electron chi connectivity index (χ2n) is 4.76. The second-order valence-corrected chi connectivity index (χ2v) is 4.76. The van der Waals surface area contributed by atoms with Crippen LogP contribution in [0.3, 0.4) is 0 Å². The summed E-state index contributed by atoms with van der Waals surface area (Å²) in [6.45, 7) is 0. The molecule has 0 saturated carbocycles. The number of nitrogens with zero attached hydrogens (tertiary/aromatic N) is 1. The molecule has 0 radical (unpaired) electrons. The van der Waals surface area contributed by atoms with Crippen LogP contribution in [0.5, 0.6) is 0 Å². The summed E-state index contributed by atoms with van der Waals surface area (Å²) < 4.78 is 13.6. The van der Waals surface area contributed by atoms with Gasteiger partial charge in [-0.15, -0.1) is 0 Å². The number of hydrogen-bond donors (Lipinski definition) is 3. The zero-order valence-corrected chi connectivity index (χ0v) is 11.4. The average molecular weight is 297 g/mol. The zero-order valence-electron chi connectivity index (χ0n) is 11.4. The number of nitrogens with two attached hydrogens (primary N) is 1. The van der Waals surface area contributed by atoms with Crippen LogP contribution in [-0.2, 0) is 0 Å². The number of benzene rings is 2. The van der Waals surface area contributed by atoms with Crippen LogP contribution in [0, 0.1) is 5.82 Å². The van der Waals surface area contributed by atoms with E-state index in [0.29, 0.717) is 28.0 Å². The van der Waals surface area contributed by atoms with Gasteiger partial charge in [-0.3, -0.25) is 0 Å². The summed E-state index contributed by atoms with van der Waals surface area (Å²) in [6, 6.07) is 10.5. The first-order chi connectivity index (χ1) is 10.5. The molecule has 1 heterocycles. The summed E-state index contributed by atoms with van der Waals surface area (Å²) in [5.74, 6) is -0.987. The Morgan fingerprint density at radius 1 is 1.14 bits per heavy atom. The van der Waals surface area contributed by atoms with Crippen molar-refractivity contribution in [1.29, 1.82) is 0 Å². The van der Waals surface area contributed by atoms with Crippen molar-refractivity contribution in [2.75, 3.05) is 11.1 Å². The van der Waals surface area contributed by atoms with Gasteiger partial charge in [0.1, 0.15) is 11.6 Å². The third-order valence-electron chi connectivity index (χ3n) is 3.27. The summed E-state index contributed by atoms with van der Waals surface area (Å²) in [5.41, 5.74) is 6.98. The van der Waals surface area contributed by atoms with Crippen LogP contribution in [0.4, 0.5) is 21.6 Å². The van der Waals surface area contributed by atoms with E-state index >= 15 is 0 Å². The van der Waals surface area contributed by atoms with Crippen molar-refractivity contribution >= 4 is 33.9 Å². The van der Waals surface area contributed by atoms with Gasteiger partial charge in [-0.1, -0.05) is 0 Å². The largest absolute Gasteiger partial charge is 0.478 e. The molecular weight excluding hydrogens is 285 g/mol. The van der Waals surface area contributed by atoms with Gasteiger partial charge in [0.2, 0.25) is 0 Å². The molecular formula is C16H12FN3O2. The van der Waals surface area contributed by atoms with Crippen LogP contribution >= 0.6 is 0 Å². The van der Waals surface area contributed by atoms with Crippen LogP contribution in [0.25, 0.3) is 10.8 Å². The highest BCUT2D eigenvalue weighted by molar-refractivity contribution is 6.00. The summed E-state index contributed by atoms with van der Waals surface area (Å²) in [4.78, 5) is 15.0. The van der Waals surface area contributed by atoms with E-state index in [9.17, 15) is 9.18 Å². The van der Waals surface area contributed by atoms with Crippen LogP contribution in [-0.4, -0.2) is 16.1 Å². The minimum Gasteiger partial charge on any atom is -0.478 e. The van der Waals surface area contributed by atoms with E-state index < -0.39 is 11.8 Å². The van der Waals surface area contributed by atoms with Crippen molar-refractivity contribution < 1.29 is 14.3 Å². The van der Waals surface area contributed by atoms with E-state index in [4.69, 9.17) is 10.8 Å². The number of carboxylic acid groups (broad SMARTS) is 1. The lowest BCUT2D eigenvalue weighted by Crippen LogP contribution is -1.99. The van der Waals surface area contributed by atoms with E-state index in [1.807, 2.05) is 0 Å². The third-order valence-corrected chi connectivity index (χ3v) is 3.27. The lowest BCUT2D eigenvalue weighted by Gasteiger charge is -2.10. The molecule has 110 valence electrons. The monoisotopic (exact) mass is 297 g/mol. The van der Waals surface area contributed by atoms with Gasteiger partial charge >= 0.3 is 5.97 Å². The molecule has 6 heteroatoms. The number of nitrogens with one attached hydrogen (secondary N) is 1. The van der Waals surface area contributed by atoms with Crippen molar-refractivity contribution in [1.82, 2.24) is 4.98 Å². The fourth-order valence-corrected chi connectivity index (χ4v) is 2.21. The molecule has 5 nitrogen and oxygen atoms in total. The molecule has 1 aromatic heterocycles. The van der Waals surface area contributed by atoms with E-state index in [0.717, 1.165) is 0 Å². The Morgan fingerprint density at radius 3 is 2.55 bits per heavy atom. The predicted octanol–water partition coefficient (Wildman–Crippen LogP) is 3.40. The van der Waals surface area contributed by atoms with Gasteiger partial charge in [0, 0.05) is 28.3 Å². The lowest BCUT2D eigenvalue weighted by molar-refractivity contribution is 0.0697. The summed E-state index contributed by atoms with van der Waals surface area (Å²) in [5, 5.41) is 13.2. The highest BCUT2D eigenvalue weighted by Crippen LogP contribution is 2.29. The Labute approximate surface area is 125 Å². The Bertz CT molecular complexity index is 863. The number of hydrogen-bond acceptors (Lipinski definition) is 4. The number of halogens is 1. The van der Waals surface area contributed by atoms with E-state index in [-0.39, 0.29) is 5.56 Å². The molecule has 0 aliphatic heterocycles. The molecule has 3 aromatic rings. The number of carboxylic acids is 1. The number of aromatic nitrogens is 1. The highest BCUT2D eigenvalue weighted by atomic mass is 19.1. The fourth-order valence-electron chi connectivity index (χ4n) is 2.21. The topological polar surface area (TPSA) is 88.2 Å². The zero-order chi connectivity index (χ0) is 15.7. The first-order valence-corrected chi connectivity index (χ1v) is 6.49. The van der Waals surface area contributed by atoms with Crippen molar-refractivity contribution in [3.05, 3.63) is 60.0 Å². The summed E-state index contributed by atoms with van der Waals surface area (Å²) >= 11 is 0. The third kappa shape index (κ3) is 2.54. The number of aromatic carboxylic acids is 1. The Kier molecular flexibility index (Phi) is 3.34. The molecule has 3 rings (SSSR count). The highest BCUT2D eigenvalue weighted by Gasteiger charge is 2.08. The number of pyridine rings is 1. The fraction of sp³-hybridized carbons (Fsp3) is 0. The first kappa shape index (κ1) is 13.8. The average Bonchev–Trinajstić information content (AvgIpc) is 2.48. The SMILES string of the molecule is Nc1cc(F)cc2c(Nc3ccc(C(=O)O)cc3)nccc12. The smallest absolute Gasteiger partial charge is 0.335 e. The van der Waals surface area contributed by atoms with Crippen molar-refractivity contribution in [3.63, 3.8) is 0 Å². The van der Waals surface area contributed by atoms with Gasteiger partial charge in [-0.25, -0.2) is 14.2 Å². The summed E-state index contributed by atoms with van der Waals surface area (Å²) in [7, 11) is 0. The molecule has 0 aliphatic rings. The Hall–Kier alpha value is -3.15. The van der Waals surface area contributed by atoms with Gasteiger partial charge in [0.15, 0.2) is 0 Å². The quantitative estimate of drug-likeness (QED) is 0.645. The first-order valence-electron chi connectivity index (χ1n) is 6.49. The van der Waals surface area contributed by atoms with E-state index in [2.05, 4.69) is 10.3 Å². The molecule has 0 atom stereocenters. The maximum absolute atomic E-state index is 13.6. The number of anilines is 3. The molecule has 4 N–H and O–H groups in total. The van der Waals surface area contributed by atoms with Crippen LogP contribution in [0.15, 0.2) is 48.7 Å². The van der Waals surface area contributed by atoms with Crippen LogP contribution in [0.1, 0.15) is 10.4 Å². The normalized spacial score (nSPS) is 10.6. The Morgan fingerprint density at radius 2 is 1.86 bits per heavy atom. The molecule has 0 unspecified atom stereocenters. The molecule has 22 heavy (non-hydrogen) atoms. The van der Waals surface area contributed by atoms with E-state index in [1.165, 1.54) is 24.3 Å². The van der Waals surface area contributed by atoms with Gasteiger partial charge < -0.3 is 16.2 Å². The van der Waals surface area contributed by atoms with Crippen molar-refractivity contribution in [2.45, 2.75) is 0 Å². The molecule has 0 saturated heterocycles. The number of rotatable bonds is 3. The van der Waals surface area contributed by atoms with Crippen molar-refractivity contribution in [3.8, 4) is 0 Å². The van der Waals surface area contributed by atoms with Gasteiger partial charge in [-0.2, -0.15) is 0 Å². The maximum atomic E-state index is 13.6. The van der Waals surface area contributed by atoms with Crippen molar-refractivity contribution in [2.24, 2.45) is 0 Å². The number of carbonyl (C=O) groups is 1. The molecule has 0 aliphatic carbocycles. The van der Waals surface area contributed by atoms with Crippen LogP contribution in [0.2, 0.25) is 0 Å². The maximum Gasteiger partial charge on any atom is 0.335 e. The predicted molar refractivity (Wildman–Crippen MR) is 82.8 cm³/mol. The van der Waals surface area contributed by atoms with E-state index in [1.54, 1.807) is 24.4 Å². The molecule has 0 bridgehead atoms. The van der Waals surface area contributed by atoms with Gasteiger partial charge in [-0.05, 0) is 42.5 Å². The van der Waals surface area contributed by atoms with Gasteiger partial charge in [0.05, 0.1) is 5.56 Å². The molecule has 0 spiro atoms. The minimum absolute atomic E-state index is 0.187.